The lowest BCUT2D eigenvalue weighted by atomic mass is 9.90. The number of hydrogen-bond acceptors (Lipinski definition) is 2. The van der Waals surface area contributed by atoms with Gasteiger partial charge < -0.3 is 10.1 Å². The molecule has 3 heteroatoms. The molecule has 0 bridgehead atoms. The van der Waals surface area contributed by atoms with Crippen molar-refractivity contribution >= 4 is 8.07 Å². The summed E-state index contributed by atoms with van der Waals surface area (Å²) in [7, 11) is 1.09. The van der Waals surface area contributed by atoms with E-state index >= 15 is 0 Å². The zero-order valence-corrected chi connectivity index (χ0v) is 10.4. The lowest BCUT2D eigenvalue weighted by molar-refractivity contribution is 0.159. The van der Waals surface area contributed by atoms with Crippen LogP contribution in [0.25, 0.3) is 0 Å². The SMILES string of the molecule is CNCC1(C[Si](C)(C)C)CCOC1. The predicted molar refractivity (Wildman–Crippen MR) is 59.9 cm³/mol. The molecule has 1 aliphatic heterocycles. The van der Waals surface area contributed by atoms with E-state index < -0.39 is 8.07 Å². The first-order chi connectivity index (χ1) is 5.97. The van der Waals surface area contributed by atoms with E-state index in [1.807, 2.05) is 7.05 Å². The van der Waals surface area contributed by atoms with Gasteiger partial charge in [0.05, 0.1) is 6.61 Å². The molecule has 1 N–H and O–H groups in total. The second kappa shape index (κ2) is 4.11. The van der Waals surface area contributed by atoms with Crippen LogP contribution < -0.4 is 5.32 Å². The Bertz CT molecular complexity index is 159. The van der Waals surface area contributed by atoms with Crippen LogP contribution in [-0.4, -0.2) is 34.9 Å². The summed E-state index contributed by atoms with van der Waals surface area (Å²) in [6.07, 6.45) is 1.25. The minimum Gasteiger partial charge on any atom is -0.381 e. The first kappa shape index (κ1) is 11.2. The molecule has 1 saturated heterocycles. The molecule has 0 saturated carbocycles. The van der Waals surface area contributed by atoms with Gasteiger partial charge in [0.15, 0.2) is 0 Å². The summed E-state index contributed by atoms with van der Waals surface area (Å²) in [5.74, 6) is 0. The van der Waals surface area contributed by atoms with Crippen LogP contribution in [0.4, 0.5) is 0 Å². The third kappa shape index (κ3) is 3.41. The number of nitrogens with one attached hydrogen (secondary N) is 1. The largest absolute Gasteiger partial charge is 0.381 e. The molecule has 0 aromatic carbocycles. The second-order valence-corrected chi connectivity index (χ2v) is 11.0. The molecular formula is C10H23NOSi. The van der Waals surface area contributed by atoms with Crippen molar-refractivity contribution in [2.75, 3.05) is 26.8 Å². The molecule has 78 valence electrons. The molecule has 0 spiro atoms. The van der Waals surface area contributed by atoms with Crippen molar-refractivity contribution < 1.29 is 4.74 Å². The van der Waals surface area contributed by atoms with Crippen molar-refractivity contribution in [2.45, 2.75) is 32.1 Å². The maximum Gasteiger partial charge on any atom is 0.0532 e. The number of hydrogen-bond donors (Lipinski definition) is 1. The highest BCUT2D eigenvalue weighted by molar-refractivity contribution is 6.76. The minimum atomic E-state index is -0.952. The van der Waals surface area contributed by atoms with Gasteiger partial charge in [-0.25, -0.2) is 0 Å². The quantitative estimate of drug-likeness (QED) is 0.702. The molecule has 2 nitrogen and oxygen atoms in total. The molecule has 1 unspecified atom stereocenters. The van der Waals surface area contributed by atoms with Crippen LogP contribution >= 0.6 is 0 Å². The summed E-state index contributed by atoms with van der Waals surface area (Å²) in [5, 5.41) is 3.32. The fourth-order valence-corrected chi connectivity index (χ4v) is 5.14. The Morgan fingerprint density at radius 3 is 2.46 bits per heavy atom. The van der Waals surface area contributed by atoms with Gasteiger partial charge in [0.2, 0.25) is 0 Å². The molecule has 1 aliphatic rings. The highest BCUT2D eigenvalue weighted by atomic mass is 28.3. The van der Waals surface area contributed by atoms with Crippen molar-refractivity contribution in [1.82, 2.24) is 5.32 Å². The average Bonchev–Trinajstić information content (AvgIpc) is 2.33. The molecule has 13 heavy (non-hydrogen) atoms. The summed E-state index contributed by atoms with van der Waals surface area (Å²) in [6.45, 7) is 10.4. The van der Waals surface area contributed by atoms with Crippen LogP contribution in [0.3, 0.4) is 0 Å². The maximum atomic E-state index is 5.54. The predicted octanol–water partition coefficient (Wildman–Crippen LogP) is 1.95. The first-order valence-corrected chi connectivity index (χ1v) is 8.91. The summed E-state index contributed by atoms with van der Waals surface area (Å²) in [5.41, 5.74) is 0.458. The van der Waals surface area contributed by atoms with Gasteiger partial charge in [-0.1, -0.05) is 19.6 Å². The summed E-state index contributed by atoms with van der Waals surface area (Å²) >= 11 is 0. The van der Waals surface area contributed by atoms with Gasteiger partial charge in [0.1, 0.15) is 0 Å². The van der Waals surface area contributed by atoms with Crippen LogP contribution in [0.2, 0.25) is 25.7 Å². The van der Waals surface area contributed by atoms with E-state index in [0.29, 0.717) is 5.41 Å². The Morgan fingerprint density at radius 1 is 1.38 bits per heavy atom. The van der Waals surface area contributed by atoms with Gasteiger partial charge in [-0.05, 0) is 19.5 Å². The molecule has 0 radical (unpaired) electrons. The topological polar surface area (TPSA) is 21.3 Å². The van der Waals surface area contributed by atoms with E-state index in [2.05, 4.69) is 25.0 Å². The number of ether oxygens (including phenoxy) is 1. The van der Waals surface area contributed by atoms with Crippen LogP contribution in [0.15, 0.2) is 0 Å². The van der Waals surface area contributed by atoms with Crippen molar-refractivity contribution in [2.24, 2.45) is 5.41 Å². The smallest absolute Gasteiger partial charge is 0.0532 e. The van der Waals surface area contributed by atoms with Gasteiger partial charge >= 0.3 is 0 Å². The van der Waals surface area contributed by atoms with Gasteiger partial charge in [0.25, 0.3) is 0 Å². The van der Waals surface area contributed by atoms with E-state index in [1.54, 1.807) is 0 Å². The molecule has 1 rings (SSSR count). The molecular weight excluding hydrogens is 178 g/mol. The van der Waals surface area contributed by atoms with Crippen molar-refractivity contribution in [3.05, 3.63) is 0 Å². The van der Waals surface area contributed by atoms with Crippen molar-refractivity contribution in [1.29, 1.82) is 0 Å². The van der Waals surface area contributed by atoms with Gasteiger partial charge in [-0.2, -0.15) is 0 Å². The fourth-order valence-electron chi connectivity index (χ4n) is 2.49. The first-order valence-electron chi connectivity index (χ1n) is 5.20. The zero-order chi connectivity index (χ0) is 9.95. The van der Waals surface area contributed by atoms with E-state index in [0.717, 1.165) is 19.8 Å². The van der Waals surface area contributed by atoms with E-state index in [-0.39, 0.29) is 0 Å². The van der Waals surface area contributed by atoms with Gasteiger partial charge in [0, 0.05) is 26.6 Å². The highest BCUT2D eigenvalue weighted by Gasteiger charge is 2.38. The van der Waals surface area contributed by atoms with Crippen LogP contribution in [0, 0.1) is 5.41 Å². The van der Waals surface area contributed by atoms with Gasteiger partial charge in [-0.3, -0.25) is 0 Å². The highest BCUT2D eigenvalue weighted by Crippen LogP contribution is 2.36. The standard InChI is InChI=1S/C10H23NOSi/c1-11-7-10(5-6-12-8-10)9-13(2,3)4/h11H,5-9H2,1-4H3. The lowest BCUT2D eigenvalue weighted by Gasteiger charge is -2.33. The van der Waals surface area contributed by atoms with Crippen molar-refractivity contribution in [3.8, 4) is 0 Å². The number of rotatable bonds is 4. The normalized spacial score (nSPS) is 29.5. The van der Waals surface area contributed by atoms with Crippen LogP contribution in [-0.2, 0) is 4.74 Å². The lowest BCUT2D eigenvalue weighted by Crippen LogP contribution is -2.39. The Labute approximate surface area is 83.1 Å². The van der Waals surface area contributed by atoms with Gasteiger partial charge in [-0.15, -0.1) is 0 Å². The van der Waals surface area contributed by atoms with Crippen molar-refractivity contribution in [3.63, 3.8) is 0 Å². The Hall–Kier alpha value is 0.137. The second-order valence-electron chi connectivity index (χ2n) is 5.57. The summed E-state index contributed by atoms with van der Waals surface area (Å²) in [4.78, 5) is 0. The molecule has 0 amide bonds. The maximum absolute atomic E-state index is 5.54. The molecule has 1 atom stereocenters. The molecule has 1 heterocycles. The fraction of sp³-hybridized carbons (Fsp3) is 1.00. The molecule has 0 aliphatic carbocycles. The van der Waals surface area contributed by atoms with Crippen LogP contribution in [0.5, 0.6) is 0 Å². The Kier molecular flexibility index (Phi) is 3.55. The molecule has 0 aromatic rings. The summed E-state index contributed by atoms with van der Waals surface area (Å²) in [6, 6.07) is 1.39. The van der Waals surface area contributed by atoms with E-state index in [1.165, 1.54) is 12.5 Å². The Balaban J connectivity index is 2.56. The van der Waals surface area contributed by atoms with Crippen LogP contribution in [0.1, 0.15) is 6.42 Å². The Morgan fingerprint density at radius 2 is 2.08 bits per heavy atom. The minimum absolute atomic E-state index is 0.458. The monoisotopic (exact) mass is 201 g/mol. The van der Waals surface area contributed by atoms with E-state index in [4.69, 9.17) is 4.74 Å². The van der Waals surface area contributed by atoms with E-state index in [9.17, 15) is 0 Å². The molecule has 0 aromatic heterocycles. The third-order valence-corrected chi connectivity index (χ3v) is 4.45. The average molecular weight is 201 g/mol. The summed E-state index contributed by atoms with van der Waals surface area (Å²) < 4.78 is 5.54. The zero-order valence-electron chi connectivity index (χ0n) is 9.44. The third-order valence-electron chi connectivity index (χ3n) is 2.64. The molecule has 1 fully saturated rings.